The SMILES string of the molecule is Cc1ccc([C@@H](C)NC(=O)c2cccc(N(C)S(=O)(=O)c3ccc(C)cc3)c2)cc1. The van der Waals surface area contributed by atoms with Gasteiger partial charge in [0.1, 0.15) is 0 Å². The van der Waals surface area contributed by atoms with Gasteiger partial charge >= 0.3 is 0 Å². The third-order valence-electron chi connectivity index (χ3n) is 5.08. The molecule has 3 rings (SSSR count). The maximum absolute atomic E-state index is 12.9. The van der Waals surface area contributed by atoms with Gasteiger partial charge in [-0.05, 0) is 56.7 Å². The number of sulfonamides is 1. The van der Waals surface area contributed by atoms with Gasteiger partial charge in [-0.15, -0.1) is 0 Å². The molecule has 156 valence electrons. The van der Waals surface area contributed by atoms with E-state index < -0.39 is 10.0 Å². The second kappa shape index (κ2) is 8.71. The van der Waals surface area contributed by atoms with E-state index in [0.29, 0.717) is 11.3 Å². The van der Waals surface area contributed by atoms with Gasteiger partial charge in [0, 0.05) is 12.6 Å². The fraction of sp³-hybridized carbons (Fsp3) is 0.208. The predicted molar refractivity (Wildman–Crippen MR) is 120 cm³/mol. The van der Waals surface area contributed by atoms with E-state index in [1.807, 2.05) is 45.0 Å². The highest BCUT2D eigenvalue weighted by atomic mass is 32.2. The van der Waals surface area contributed by atoms with Crippen LogP contribution in [0, 0.1) is 13.8 Å². The Labute approximate surface area is 178 Å². The number of carbonyl (C=O) groups is 1. The lowest BCUT2D eigenvalue weighted by atomic mass is 10.1. The molecule has 3 aromatic rings. The summed E-state index contributed by atoms with van der Waals surface area (Å²) in [5.74, 6) is -0.258. The molecule has 0 saturated carbocycles. The lowest BCUT2D eigenvalue weighted by Crippen LogP contribution is -2.28. The van der Waals surface area contributed by atoms with Gasteiger partial charge in [-0.3, -0.25) is 9.10 Å². The highest BCUT2D eigenvalue weighted by Gasteiger charge is 2.22. The fourth-order valence-corrected chi connectivity index (χ4v) is 4.26. The third kappa shape index (κ3) is 4.71. The summed E-state index contributed by atoms with van der Waals surface area (Å²) in [6.07, 6.45) is 0. The highest BCUT2D eigenvalue weighted by Crippen LogP contribution is 2.23. The standard InChI is InChI=1S/C24H26N2O3S/c1-17-8-12-20(13-9-17)19(3)25-24(27)21-6-5-7-22(16-21)26(4)30(28,29)23-14-10-18(2)11-15-23/h5-16,19H,1-4H3,(H,25,27)/t19-/m1/s1. The Balaban J connectivity index is 1.80. The fourth-order valence-electron chi connectivity index (χ4n) is 3.07. The average Bonchev–Trinajstić information content (AvgIpc) is 2.74. The van der Waals surface area contributed by atoms with Gasteiger partial charge in [-0.25, -0.2) is 8.42 Å². The maximum atomic E-state index is 12.9. The first-order valence-electron chi connectivity index (χ1n) is 9.71. The Morgan fingerprint density at radius 2 is 1.47 bits per heavy atom. The minimum Gasteiger partial charge on any atom is -0.346 e. The summed E-state index contributed by atoms with van der Waals surface area (Å²) in [7, 11) is -2.23. The summed E-state index contributed by atoms with van der Waals surface area (Å²) in [6.45, 7) is 5.83. The molecular formula is C24H26N2O3S. The Morgan fingerprint density at radius 3 is 2.07 bits per heavy atom. The van der Waals surface area contributed by atoms with Crippen LogP contribution < -0.4 is 9.62 Å². The average molecular weight is 423 g/mol. The number of carbonyl (C=O) groups excluding carboxylic acids is 1. The van der Waals surface area contributed by atoms with Gasteiger partial charge in [0.2, 0.25) is 0 Å². The zero-order chi connectivity index (χ0) is 21.9. The summed E-state index contributed by atoms with van der Waals surface area (Å²) in [6, 6.07) is 21.1. The van der Waals surface area contributed by atoms with Gasteiger partial charge in [0.05, 0.1) is 16.6 Å². The summed E-state index contributed by atoms with van der Waals surface area (Å²) in [5.41, 5.74) is 3.97. The number of benzene rings is 3. The molecule has 0 spiro atoms. The van der Waals surface area contributed by atoms with Crippen molar-refractivity contribution in [2.75, 3.05) is 11.4 Å². The molecule has 0 radical (unpaired) electrons. The largest absolute Gasteiger partial charge is 0.346 e. The lowest BCUT2D eigenvalue weighted by Gasteiger charge is -2.21. The van der Waals surface area contributed by atoms with Gasteiger partial charge in [0.15, 0.2) is 0 Å². The Morgan fingerprint density at radius 1 is 0.900 bits per heavy atom. The second-order valence-electron chi connectivity index (χ2n) is 7.44. The van der Waals surface area contributed by atoms with Crippen LogP contribution in [0.5, 0.6) is 0 Å². The summed E-state index contributed by atoms with van der Waals surface area (Å²) in [5, 5.41) is 2.97. The van der Waals surface area contributed by atoms with E-state index in [1.54, 1.807) is 48.5 Å². The molecule has 0 aliphatic carbocycles. The van der Waals surface area contributed by atoms with Crippen LogP contribution in [-0.4, -0.2) is 21.4 Å². The van der Waals surface area contributed by atoms with Crippen molar-refractivity contribution >= 4 is 21.6 Å². The summed E-state index contributed by atoms with van der Waals surface area (Å²) < 4.78 is 27.1. The molecule has 5 nitrogen and oxygen atoms in total. The van der Waals surface area contributed by atoms with Crippen LogP contribution >= 0.6 is 0 Å². The number of hydrogen-bond donors (Lipinski definition) is 1. The Kier molecular flexibility index (Phi) is 6.27. The van der Waals surface area contributed by atoms with Gasteiger partial charge < -0.3 is 5.32 Å². The number of hydrogen-bond acceptors (Lipinski definition) is 3. The second-order valence-corrected chi connectivity index (χ2v) is 9.41. The van der Waals surface area contributed by atoms with Gasteiger partial charge in [0.25, 0.3) is 15.9 Å². The zero-order valence-electron chi connectivity index (χ0n) is 17.6. The van der Waals surface area contributed by atoms with Crippen LogP contribution in [0.3, 0.4) is 0 Å². The van der Waals surface area contributed by atoms with E-state index in [1.165, 1.54) is 11.4 Å². The minimum atomic E-state index is -3.72. The predicted octanol–water partition coefficient (Wildman–Crippen LogP) is 4.62. The van der Waals surface area contributed by atoms with Crippen LogP contribution in [-0.2, 0) is 10.0 Å². The van der Waals surface area contributed by atoms with E-state index in [-0.39, 0.29) is 16.8 Å². The van der Waals surface area contributed by atoms with Crippen molar-refractivity contribution in [2.45, 2.75) is 31.7 Å². The molecule has 0 aliphatic rings. The van der Waals surface area contributed by atoms with E-state index in [4.69, 9.17) is 0 Å². The first kappa shape index (κ1) is 21.6. The number of amides is 1. The highest BCUT2D eigenvalue weighted by molar-refractivity contribution is 7.92. The van der Waals surface area contributed by atoms with E-state index in [9.17, 15) is 13.2 Å². The molecule has 0 unspecified atom stereocenters. The lowest BCUT2D eigenvalue weighted by molar-refractivity contribution is 0.0940. The van der Waals surface area contributed by atoms with Crippen molar-refractivity contribution in [1.29, 1.82) is 0 Å². The number of nitrogens with one attached hydrogen (secondary N) is 1. The first-order chi connectivity index (χ1) is 14.2. The third-order valence-corrected chi connectivity index (χ3v) is 6.88. The normalized spacial score (nSPS) is 12.3. The number of rotatable bonds is 6. The van der Waals surface area contributed by atoms with Crippen molar-refractivity contribution < 1.29 is 13.2 Å². The monoisotopic (exact) mass is 422 g/mol. The first-order valence-corrected chi connectivity index (χ1v) is 11.2. The van der Waals surface area contributed by atoms with Crippen LogP contribution in [0.1, 0.15) is 40.0 Å². The molecule has 0 bridgehead atoms. The van der Waals surface area contributed by atoms with Gasteiger partial charge in [-0.1, -0.05) is 53.6 Å². The topological polar surface area (TPSA) is 66.5 Å². The molecular weight excluding hydrogens is 396 g/mol. The van der Waals surface area contributed by atoms with Crippen molar-refractivity contribution in [3.8, 4) is 0 Å². The molecule has 0 aliphatic heterocycles. The number of anilines is 1. The van der Waals surface area contributed by atoms with Crippen molar-refractivity contribution in [2.24, 2.45) is 0 Å². The number of aryl methyl sites for hydroxylation is 2. The smallest absolute Gasteiger partial charge is 0.264 e. The van der Waals surface area contributed by atoms with Crippen LogP contribution in [0.25, 0.3) is 0 Å². The van der Waals surface area contributed by atoms with E-state index in [0.717, 1.165) is 16.7 Å². The van der Waals surface area contributed by atoms with Crippen molar-refractivity contribution in [3.05, 3.63) is 95.1 Å². The molecule has 1 atom stereocenters. The Bertz CT molecular complexity index is 1140. The molecule has 30 heavy (non-hydrogen) atoms. The molecule has 3 aromatic carbocycles. The maximum Gasteiger partial charge on any atom is 0.264 e. The number of nitrogens with zero attached hydrogens (tertiary/aromatic N) is 1. The molecule has 1 amide bonds. The molecule has 0 aromatic heterocycles. The van der Waals surface area contributed by atoms with Crippen molar-refractivity contribution in [3.63, 3.8) is 0 Å². The van der Waals surface area contributed by atoms with Crippen LogP contribution in [0.4, 0.5) is 5.69 Å². The van der Waals surface area contributed by atoms with E-state index >= 15 is 0 Å². The van der Waals surface area contributed by atoms with Gasteiger partial charge in [-0.2, -0.15) is 0 Å². The van der Waals surface area contributed by atoms with Crippen molar-refractivity contribution in [1.82, 2.24) is 5.32 Å². The minimum absolute atomic E-state index is 0.171. The molecule has 1 N–H and O–H groups in total. The molecule has 0 saturated heterocycles. The van der Waals surface area contributed by atoms with Crippen LogP contribution in [0.15, 0.2) is 77.7 Å². The molecule has 0 fully saturated rings. The van der Waals surface area contributed by atoms with E-state index in [2.05, 4.69) is 5.32 Å². The van der Waals surface area contributed by atoms with Crippen LogP contribution in [0.2, 0.25) is 0 Å². The summed E-state index contributed by atoms with van der Waals surface area (Å²) in [4.78, 5) is 13.0. The molecule has 6 heteroatoms. The zero-order valence-corrected chi connectivity index (χ0v) is 18.4. The Hall–Kier alpha value is -3.12. The summed E-state index contributed by atoms with van der Waals surface area (Å²) >= 11 is 0. The quantitative estimate of drug-likeness (QED) is 0.630. The molecule has 0 heterocycles.